The van der Waals surface area contributed by atoms with E-state index < -0.39 is 0 Å². The van der Waals surface area contributed by atoms with E-state index >= 15 is 0 Å². The smallest absolute Gasteiger partial charge is 0.255 e. The molecule has 0 atom stereocenters. The number of amides is 1. The molecule has 1 saturated carbocycles. The van der Waals surface area contributed by atoms with Crippen molar-refractivity contribution < 1.29 is 9.53 Å². The average molecular weight is 277 g/mol. The molecule has 1 heterocycles. The maximum Gasteiger partial charge on any atom is 0.255 e. The first-order valence-corrected chi connectivity index (χ1v) is 7.11. The molecule has 110 valence electrons. The van der Waals surface area contributed by atoms with Crippen molar-refractivity contribution in [2.45, 2.75) is 38.1 Å². The zero-order valence-corrected chi connectivity index (χ0v) is 12.2. The van der Waals surface area contributed by atoms with Crippen LogP contribution in [-0.2, 0) is 0 Å². The molecule has 0 bridgehead atoms. The van der Waals surface area contributed by atoms with E-state index in [0.29, 0.717) is 23.8 Å². The second kappa shape index (κ2) is 6.22. The molecule has 2 rings (SSSR count). The Morgan fingerprint density at radius 2 is 2.25 bits per heavy atom. The predicted octanol–water partition coefficient (Wildman–Crippen LogP) is 1.73. The number of methoxy groups -OCH3 is 1. The number of nitrogens with one attached hydrogen (secondary N) is 1. The average Bonchev–Trinajstić information content (AvgIpc) is 2.49. The summed E-state index contributed by atoms with van der Waals surface area (Å²) in [7, 11) is 1.54. The van der Waals surface area contributed by atoms with E-state index in [9.17, 15) is 4.79 Å². The van der Waals surface area contributed by atoms with Gasteiger partial charge in [-0.25, -0.2) is 0 Å². The van der Waals surface area contributed by atoms with E-state index in [1.54, 1.807) is 18.5 Å². The third-order valence-corrected chi connectivity index (χ3v) is 4.25. The van der Waals surface area contributed by atoms with Crippen LogP contribution in [0.2, 0.25) is 0 Å². The summed E-state index contributed by atoms with van der Waals surface area (Å²) < 4.78 is 5.18. The fraction of sp³-hybridized carbons (Fsp3) is 0.600. The number of carbonyl (C=O) groups is 1. The van der Waals surface area contributed by atoms with Gasteiger partial charge >= 0.3 is 0 Å². The number of ether oxygens (including phenoxy) is 1. The van der Waals surface area contributed by atoms with Gasteiger partial charge in [0.2, 0.25) is 0 Å². The SMILES string of the molecule is COc1cnccc1C(=O)NC1(CN)CCC(C)CC1. The van der Waals surface area contributed by atoms with Crippen molar-refractivity contribution in [3.05, 3.63) is 24.0 Å². The van der Waals surface area contributed by atoms with Gasteiger partial charge in [-0.05, 0) is 37.7 Å². The second-order valence-corrected chi connectivity index (χ2v) is 5.70. The molecule has 1 aromatic heterocycles. The van der Waals surface area contributed by atoms with Gasteiger partial charge in [0, 0.05) is 12.7 Å². The van der Waals surface area contributed by atoms with Crippen LogP contribution in [0.1, 0.15) is 43.0 Å². The molecule has 0 unspecified atom stereocenters. The van der Waals surface area contributed by atoms with Gasteiger partial charge in [0.15, 0.2) is 0 Å². The maximum absolute atomic E-state index is 12.5. The number of hydrogen-bond acceptors (Lipinski definition) is 4. The molecule has 1 amide bonds. The van der Waals surface area contributed by atoms with Crippen LogP contribution in [-0.4, -0.2) is 30.1 Å². The highest BCUT2D eigenvalue weighted by atomic mass is 16.5. The first kappa shape index (κ1) is 14.8. The van der Waals surface area contributed by atoms with E-state index in [0.717, 1.165) is 25.7 Å². The molecule has 1 aromatic rings. The molecule has 0 radical (unpaired) electrons. The molecule has 1 aliphatic carbocycles. The standard InChI is InChI=1S/C15H23N3O2/c1-11-3-6-15(10-16,7-4-11)18-14(19)12-5-8-17-9-13(12)20-2/h5,8-9,11H,3-4,6-7,10,16H2,1-2H3,(H,18,19). The van der Waals surface area contributed by atoms with Gasteiger partial charge in [-0.1, -0.05) is 6.92 Å². The number of nitrogens with zero attached hydrogens (tertiary/aromatic N) is 1. The molecule has 0 saturated heterocycles. The zero-order valence-electron chi connectivity index (χ0n) is 12.2. The van der Waals surface area contributed by atoms with Crippen LogP contribution in [0, 0.1) is 5.92 Å². The first-order valence-electron chi connectivity index (χ1n) is 7.11. The van der Waals surface area contributed by atoms with Gasteiger partial charge in [-0.15, -0.1) is 0 Å². The zero-order chi connectivity index (χ0) is 14.6. The number of aromatic nitrogens is 1. The Kier molecular flexibility index (Phi) is 4.60. The Hall–Kier alpha value is -1.62. The fourth-order valence-electron chi connectivity index (χ4n) is 2.73. The largest absolute Gasteiger partial charge is 0.494 e. The lowest BCUT2D eigenvalue weighted by atomic mass is 9.77. The number of hydrogen-bond donors (Lipinski definition) is 2. The van der Waals surface area contributed by atoms with Gasteiger partial charge in [0.25, 0.3) is 5.91 Å². The lowest BCUT2D eigenvalue weighted by Crippen LogP contribution is -2.55. The van der Waals surface area contributed by atoms with Crippen molar-refractivity contribution in [3.8, 4) is 5.75 Å². The molecule has 3 N–H and O–H groups in total. The monoisotopic (exact) mass is 277 g/mol. The van der Waals surface area contributed by atoms with Crippen LogP contribution < -0.4 is 15.8 Å². The Bertz CT molecular complexity index is 468. The van der Waals surface area contributed by atoms with Crippen molar-refractivity contribution in [1.82, 2.24) is 10.3 Å². The van der Waals surface area contributed by atoms with Crippen molar-refractivity contribution in [3.63, 3.8) is 0 Å². The number of pyridine rings is 1. The van der Waals surface area contributed by atoms with Crippen molar-refractivity contribution >= 4 is 5.91 Å². The maximum atomic E-state index is 12.5. The summed E-state index contributed by atoms with van der Waals surface area (Å²) in [5.74, 6) is 1.06. The lowest BCUT2D eigenvalue weighted by Gasteiger charge is -2.39. The van der Waals surface area contributed by atoms with Crippen molar-refractivity contribution in [1.29, 1.82) is 0 Å². The van der Waals surface area contributed by atoms with Crippen molar-refractivity contribution in [2.24, 2.45) is 11.7 Å². The summed E-state index contributed by atoms with van der Waals surface area (Å²) in [6.07, 6.45) is 7.21. The van der Waals surface area contributed by atoms with E-state index in [1.807, 2.05) is 0 Å². The van der Waals surface area contributed by atoms with Crippen LogP contribution in [0.25, 0.3) is 0 Å². The summed E-state index contributed by atoms with van der Waals surface area (Å²) in [4.78, 5) is 16.4. The Balaban J connectivity index is 2.13. The normalized spacial score (nSPS) is 26.1. The predicted molar refractivity (Wildman–Crippen MR) is 77.7 cm³/mol. The summed E-state index contributed by atoms with van der Waals surface area (Å²) >= 11 is 0. The molecule has 1 aliphatic rings. The molecular formula is C15H23N3O2. The summed E-state index contributed by atoms with van der Waals surface area (Å²) in [6.45, 7) is 2.72. The highest BCUT2D eigenvalue weighted by Gasteiger charge is 2.34. The number of carbonyl (C=O) groups excluding carboxylic acids is 1. The molecule has 20 heavy (non-hydrogen) atoms. The molecule has 5 nitrogen and oxygen atoms in total. The molecule has 5 heteroatoms. The lowest BCUT2D eigenvalue weighted by molar-refractivity contribution is 0.0857. The van der Waals surface area contributed by atoms with Gasteiger partial charge in [0.05, 0.1) is 24.4 Å². The van der Waals surface area contributed by atoms with E-state index in [4.69, 9.17) is 10.5 Å². The van der Waals surface area contributed by atoms with E-state index in [2.05, 4.69) is 17.2 Å². The Morgan fingerprint density at radius 1 is 1.55 bits per heavy atom. The summed E-state index contributed by atoms with van der Waals surface area (Å²) in [6, 6.07) is 1.67. The van der Waals surface area contributed by atoms with Crippen LogP contribution in [0.15, 0.2) is 18.5 Å². The molecule has 0 aromatic carbocycles. The third kappa shape index (κ3) is 3.10. The van der Waals surface area contributed by atoms with Gasteiger partial charge in [0.1, 0.15) is 5.75 Å². The van der Waals surface area contributed by atoms with Crippen LogP contribution in [0.4, 0.5) is 0 Å². The third-order valence-electron chi connectivity index (χ3n) is 4.25. The minimum atomic E-state index is -0.280. The van der Waals surface area contributed by atoms with Gasteiger partial charge in [-0.2, -0.15) is 0 Å². The Labute approximate surface area is 119 Å². The van der Waals surface area contributed by atoms with Gasteiger partial charge in [-0.3, -0.25) is 9.78 Å². The number of rotatable bonds is 4. The summed E-state index contributed by atoms with van der Waals surface area (Å²) in [5, 5.41) is 3.12. The van der Waals surface area contributed by atoms with Crippen LogP contribution in [0.3, 0.4) is 0 Å². The molecule has 0 aliphatic heterocycles. The van der Waals surface area contributed by atoms with Gasteiger partial charge < -0.3 is 15.8 Å². The van der Waals surface area contributed by atoms with Crippen LogP contribution >= 0.6 is 0 Å². The quantitative estimate of drug-likeness (QED) is 0.878. The first-order chi connectivity index (χ1) is 9.60. The van der Waals surface area contributed by atoms with Crippen LogP contribution in [0.5, 0.6) is 5.75 Å². The molecule has 0 spiro atoms. The topological polar surface area (TPSA) is 77.2 Å². The second-order valence-electron chi connectivity index (χ2n) is 5.70. The molecular weight excluding hydrogens is 254 g/mol. The van der Waals surface area contributed by atoms with E-state index in [-0.39, 0.29) is 11.4 Å². The highest BCUT2D eigenvalue weighted by Crippen LogP contribution is 2.31. The number of nitrogens with two attached hydrogens (primary N) is 1. The molecule has 1 fully saturated rings. The highest BCUT2D eigenvalue weighted by molar-refractivity contribution is 5.97. The Morgan fingerprint density at radius 3 is 2.85 bits per heavy atom. The fourth-order valence-corrected chi connectivity index (χ4v) is 2.73. The summed E-state index contributed by atoms with van der Waals surface area (Å²) in [5.41, 5.74) is 6.15. The minimum absolute atomic E-state index is 0.135. The minimum Gasteiger partial charge on any atom is -0.494 e. The van der Waals surface area contributed by atoms with Crippen molar-refractivity contribution in [2.75, 3.05) is 13.7 Å². The van der Waals surface area contributed by atoms with E-state index in [1.165, 1.54) is 7.11 Å².